The van der Waals surface area contributed by atoms with E-state index >= 15 is 0 Å². The number of hydrogen-bond donors (Lipinski definition) is 2. The molecule has 1 unspecified atom stereocenters. The number of rotatable bonds is 9. The van der Waals surface area contributed by atoms with Crippen LogP contribution < -0.4 is 4.72 Å². The molecule has 0 fully saturated rings. The lowest BCUT2D eigenvalue weighted by Gasteiger charge is -2.24. The summed E-state index contributed by atoms with van der Waals surface area (Å²) in [6.45, 7) is 2.39. The predicted octanol–water partition coefficient (Wildman–Crippen LogP) is 3.78. The molecule has 0 aliphatic rings. The van der Waals surface area contributed by atoms with Crippen LogP contribution in [0.4, 0.5) is 0 Å². The van der Waals surface area contributed by atoms with Gasteiger partial charge >= 0.3 is 0 Å². The topological polar surface area (TPSA) is 69.6 Å². The monoisotopic (exact) mass is 410 g/mol. The van der Waals surface area contributed by atoms with Crippen molar-refractivity contribution in [2.24, 2.45) is 0 Å². The fourth-order valence-electron chi connectivity index (χ4n) is 3.16. The summed E-state index contributed by atoms with van der Waals surface area (Å²) in [5, 5.41) is 11.6. The van der Waals surface area contributed by atoms with E-state index in [9.17, 15) is 13.6 Å². The van der Waals surface area contributed by atoms with Gasteiger partial charge in [-0.2, -0.15) is 5.06 Å². The summed E-state index contributed by atoms with van der Waals surface area (Å²) in [7, 11) is -3.70. The molecule has 6 heteroatoms. The minimum absolute atomic E-state index is 0.162. The van der Waals surface area contributed by atoms with Crippen LogP contribution in [0.1, 0.15) is 16.7 Å². The third-order valence-corrected chi connectivity index (χ3v) is 6.15. The SMILES string of the molecule is Cc1ccc(S(=O)(=O)NC(Cc2ccccc2)CN(O)Cc2ccccc2)cc1. The van der Waals surface area contributed by atoms with Gasteiger partial charge in [-0.05, 0) is 36.6 Å². The Kier molecular flexibility index (Phi) is 7.17. The van der Waals surface area contributed by atoms with Crippen LogP contribution in [0.25, 0.3) is 0 Å². The third kappa shape index (κ3) is 6.51. The molecule has 1 atom stereocenters. The van der Waals surface area contributed by atoms with E-state index in [0.29, 0.717) is 13.0 Å². The van der Waals surface area contributed by atoms with Crippen LogP contribution >= 0.6 is 0 Å². The molecule has 0 bridgehead atoms. The molecule has 3 aromatic carbocycles. The minimum Gasteiger partial charge on any atom is -0.314 e. The molecule has 29 heavy (non-hydrogen) atoms. The van der Waals surface area contributed by atoms with Gasteiger partial charge in [0.15, 0.2) is 0 Å². The molecule has 0 amide bonds. The fourth-order valence-corrected chi connectivity index (χ4v) is 4.39. The van der Waals surface area contributed by atoms with Gasteiger partial charge in [-0.3, -0.25) is 0 Å². The molecule has 152 valence electrons. The van der Waals surface area contributed by atoms with E-state index in [4.69, 9.17) is 0 Å². The van der Waals surface area contributed by atoms with Gasteiger partial charge < -0.3 is 5.21 Å². The van der Waals surface area contributed by atoms with Crippen molar-refractivity contribution in [1.82, 2.24) is 9.79 Å². The Morgan fingerprint density at radius 1 is 0.862 bits per heavy atom. The Morgan fingerprint density at radius 2 is 1.41 bits per heavy atom. The van der Waals surface area contributed by atoms with E-state index in [1.807, 2.05) is 67.6 Å². The highest BCUT2D eigenvalue weighted by Crippen LogP contribution is 2.13. The zero-order valence-electron chi connectivity index (χ0n) is 16.4. The van der Waals surface area contributed by atoms with E-state index in [0.717, 1.165) is 21.8 Å². The summed E-state index contributed by atoms with van der Waals surface area (Å²) in [6.07, 6.45) is 0.470. The van der Waals surface area contributed by atoms with Crippen molar-refractivity contribution in [3.05, 3.63) is 102 Å². The number of benzene rings is 3. The molecule has 0 aromatic heterocycles. The Balaban J connectivity index is 1.76. The predicted molar refractivity (Wildman–Crippen MR) is 114 cm³/mol. The van der Waals surface area contributed by atoms with Crippen molar-refractivity contribution >= 4 is 10.0 Å². The van der Waals surface area contributed by atoms with Crippen LogP contribution in [0.3, 0.4) is 0 Å². The normalized spacial score (nSPS) is 12.8. The van der Waals surface area contributed by atoms with Crippen molar-refractivity contribution in [3.8, 4) is 0 Å². The second kappa shape index (κ2) is 9.80. The molecule has 0 heterocycles. The molecule has 0 saturated heterocycles. The van der Waals surface area contributed by atoms with Crippen LogP contribution in [0.2, 0.25) is 0 Å². The van der Waals surface area contributed by atoms with Crippen LogP contribution in [0, 0.1) is 6.92 Å². The first kappa shape index (κ1) is 21.2. The van der Waals surface area contributed by atoms with E-state index in [1.165, 1.54) is 0 Å². The Bertz CT molecular complexity index is 991. The number of nitrogens with zero attached hydrogens (tertiary/aromatic N) is 1. The lowest BCUT2D eigenvalue weighted by atomic mass is 10.1. The van der Waals surface area contributed by atoms with Gasteiger partial charge in [0.1, 0.15) is 0 Å². The van der Waals surface area contributed by atoms with Crippen molar-refractivity contribution in [2.45, 2.75) is 30.8 Å². The molecule has 0 aliphatic heterocycles. The fraction of sp³-hybridized carbons (Fsp3) is 0.217. The molecule has 2 N–H and O–H groups in total. The highest BCUT2D eigenvalue weighted by Gasteiger charge is 2.22. The highest BCUT2D eigenvalue weighted by molar-refractivity contribution is 7.89. The first-order chi connectivity index (χ1) is 13.9. The zero-order valence-corrected chi connectivity index (χ0v) is 17.2. The standard InChI is InChI=1S/C23H26N2O3S/c1-19-12-14-23(15-13-19)29(27,28)24-22(16-20-8-4-2-5-9-20)18-25(26)17-21-10-6-3-7-11-21/h2-15,22,24,26H,16-18H2,1H3. The molecule has 0 saturated carbocycles. The maximum absolute atomic E-state index is 12.9. The molecule has 0 aliphatic carbocycles. The van der Waals surface area contributed by atoms with E-state index in [2.05, 4.69) is 4.72 Å². The van der Waals surface area contributed by atoms with Gasteiger partial charge in [0, 0.05) is 19.1 Å². The molecule has 0 radical (unpaired) electrons. The van der Waals surface area contributed by atoms with Crippen LogP contribution in [0.5, 0.6) is 0 Å². The van der Waals surface area contributed by atoms with Crippen LogP contribution in [0.15, 0.2) is 89.8 Å². The summed E-state index contributed by atoms with van der Waals surface area (Å²) in [5.41, 5.74) is 2.95. The smallest absolute Gasteiger partial charge is 0.240 e. The molecular weight excluding hydrogens is 384 g/mol. The first-order valence-corrected chi connectivity index (χ1v) is 11.0. The molecule has 5 nitrogen and oxygen atoms in total. The lowest BCUT2D eigenvalue weighted by Crippen LogP contribution is -2.44. The summed E-state index contributed by atoms with van der Waals surface area (Å²) in [5.74, 6) is 0. The second-order valence-corrected chi connectivity index (χ2v) is 8.87. The number of hydroxylamine groups is 2. The summed E-state index contributed by atoms with van der Waals surface area (Å²) < 4.78 is 28.5. The van der Waals surface area contributed by atoms with Crippen molar-refractivity contribution < 1.29 is 13.6 Å². The van der Waals surface area contributed by atoms with Gasteiger partial charge in [-0.1, -0.05) is 78.4 Å². The average Bonchev–Trinajstić information content (AvgIpc) is 2.69. The van der Waals surface area contributed by atoms with E-state index in [-0.39, 0.29) is 11.4 Å². The molecule has 0 spiro atoms. The molecular formula is C23H26N2O3S. The number of hydrogen-bond acceptors (Lipinski definition) is 4. The minimum atomic E-state index is -3.70. The van der Waals surface area contributed by atoms with Gasteiger partial charge in [0.2, 0.25) is 10.0 Å². The lowest BCUT2D eigenvalue weighted by molar-refractivity contribution is -0.104. The number of nitrogens with one attached hydrogen (secondary N) is 1. The summed E-state index contributed by atoms with van der Waals surface area (Å²) in [4.78, 5) is 0.216. The maximum Gasteiger partial charge on any atom is 0.240 e. The quantitative estimate of drug-likeness (QED) is 0.527. The zero-order chi connectivity index (χ0) is 20.7. The summed E-state index contributed by atoms with van der Waals surface area (Å²) in [6, 6.07) is 25.5. The van der Waals surface area contributed by atoms with Crippen LogP contribution in [-0.2, 0) is 23.0 Å². The first-order valence-electron chi connectivity index (χ1n) is 9.53. The van der Waals surface area contributed by atoms with E-state index < -0.39 is 16.1 Å². The Labute approximate surface area is 172 Å². The Hall–Kier alpha value is -2.51. The van der Waals surface area contributed by atoms with Crippen molar-refractivity contribution in [3.63, 3.8) is 0 Å². The number of sulfonamides is 1. The van der Waals surface area contributed by atoms with Gasteiger partial charge in [0.25, 0.3) is 0 Å². The van der Waals surface area contributed by atoms with Crippen LogP contribution in [-0.4, -0.2) is 31.3 Å². The van der Waals surface area contributed by atoms with Gasteiger partial charge in [-0.25, -0.2) is 13.1 Å². The highest BCUT2D eigenvalue weighted by atomic mass is 32.2. The largest absolute Gasteiger partial charge is 0.314 e. The van der Waals surface area contributed by atoms with E-state index in [1.54, 1.807) is 24.3 Å². The average molecular weight is 411 g/mol. The second-order valence-electron chi connectivity index (χ2n) is 7.15. The van der Waals surface area contributed by atoms with Crippen molar-refractivity contribution in [1.29, 1.82) is 0 Å². The summed E-state index contributed by atoms with van der Waals surface area (Å²) >= 11 is 0. The maximum atomic E-state index is 12.9. The van der Waals surface area contributed by atoms with Gasteiger partial charge in [-0.15, -0.1) is 0 Å². The third-order valence-electron chi connectivity index (χ3n) is 4.62. The number of aryl methyl sites for hydroxylation is 1. The Morgan fingerprint density at radius 3 is 2.00 bits per heavy atom. The molecule has 3 aromatic rings. The van der Waals surface area contributed by atoms with Crippen molar-refractivity contribution in [2.75, 3.05) is 6.54 Å². The van der Waals surface area contributed by atoms with Gasteiger partial charge in [0.05, 0.1) is 4.90 Å². The molecule has 3 rings (SSSR count).